The fourth-order valence-corrected chi connectivity index (χ4v) is 3.03. The van der Waals surface area contributed by atoms with Gasteiger partial charge in [-0.25, -0.2) is 4.98 Å². The molecule has 1 aromatic carbocycles. The van der Waals surface area contributed by atoms with Gasteiger partial charge >= 0.3 is 0 Å². The Balaban J connectivity index is 1.84. The molecule has 0 saturated carbocycles. The van der Waals surface area contributed by atoms with Gasteiger partial charge < -0.3 is 10.1 Å². The summed E-state index contributed by atoms with van der Waals surface area (Å²) < 4.78 is 6.29. The van der Waals surface area contributed by atoms with E-state index in [1.54, 1.807) is 18.4 Å². The highest BCUT2D eigenvalue weighted by molar-refractivity contribution is 7.18. The van der Waals surface area contributed by atoms with Gasteiger partial charge in [0.1, 0.15) is 0 Å². The summed E-state index contributed by atoms with van der Waals surface area (Å²) >= 11 is 1.81. The van der Waals surface area contributed by atoms with E-state index in [0.717, 1.165) is 31.6 Å². The minimum atomic E-state index is 0.599. The second kappa shape index (κ2) is 6.83. The molecule has 1 heterocycles. The van der Waals surface area contributed by atoms with Crippen LogP contribution in [0.4, 0.5) is 0 Å². The second-order valence-corrected chi connectivity index (χ2v) is 5.70. The number of aromatic nitrogens is 1. The van der Waals surface area contributed by atoms with E-state index < -0.39 is 0 Å². The summed E-state index contributed by atoms with van der Waals surface area (Å²) in [7, 11) is 1.73. The van der Waals surface area contributed by atoms with Crippen molar-refractivity contribution in [3.63, 3.8) is 0 Å². The molecule has 0 aliphatic heterocycles. The second-order valence-electron chi connectivity index (χ2n) is 4.58. The summed E-state index contributed by atoms with van der Waals surface area (Å²) in [5, 5.41) is 4.63. The van der Waals surface area contributed by atoms with Crippen LogP contribution >= 0.6 is 11.3 Å². The van der Waals surface area contributed by atoms with E-state index >= 15 is 0 Å². The van der Waals surface area contributed by atoms with Crippen LogP contribution in [0.3, 0.4) is 0 Å². The number of hydrogen-bond acceptors (Lipinski definition) is 4. The number of benzene rings is 1. The molecule has 2 rings (SSSR count). The van der Waals surface area contributed by atoms with E-state index in [2.05, 4.69) is 35.4 Å². The molecule has 0 radical (unpaired) electrons. The van der Waals surface area contributed by atoms with Gasteiger partial charge in [-0.2, -0.15) is 0 Å². The largest absolute Gasteiger partial charge is 0.383 e. The summed E-state index contributed by atoms with van der Waals surface area (Å²) in [5.74, 6) is 0.599. The number of para-hydroxylation sites is 1. The monoisotopic (exact) mass is 264 g/mol. The van der Waals surface area contributed by atoms with E-state index in [4.69, 9.17) is 4.74 Å². The van der Waals surface area contributed by atoms with Crippen LogP contribution in [0, 0.1) is 5.92 Å². The third kappa shape index (κ3) is 3.77. The van der Waals surface area contributed by atoms with Gasteiger partial charge in [0, 0.05) is 20.1 Å². The van der Waals surface area contributed by atoms with Gasteiger partial charge in [-0.1, -0.05) is 19.1 Å². The lowest BCUT2D eigenvalue weighted by molar-refractivity contribution is 0.198. The summed E-state index contributed by atoms with van der Waals surface area (Å²) in [4.78, 5) is 4.66. The normalized spacial score (nSPS) is 13.0. The average molecular weight is 264 g/mol. The number of nitrogens with one attached hydrogen (secondary N) is 1. The van der Waals surface area contributed by atoms with Gasteiger partial charge in [-0.15, -0.1) is 11.3 Å². The molecule has 1 aromatic heterocycles. The Labute approximate surface area is 112 Å². The maximum Gasteiger partial charge on any atom is 0.0941 e. The first-order chi connectivity index (χ1) is 8.79. The number of thiazole rings is 1. The summed E-state index contributed by atoms with van der Waals surface area (Å²) in [6.45, 7) is 4.96. The first-order valence-electron chi connectivity index (χ1n) is 6.33. The Morgan fingerprint density at radius 1 is 1.39 bits per heavy atom. The predicted octanol–water partition coefficient (Wildman–Crippen LogP) is 2.71. The van der Waals surface area contributed by atoms with Crippen molar-refractivity contribution in [3.8, 4) is 0 Å². The maximum atomic E-state index is 5.01. The van der Waals surface area contributed by atoms with Crippen LogP contribution in [0.25, 0.3) is 10.2 Å². The van der Waals surface area contributed by atoms with Gasteiger partial charge in [0.2, 0.25) is 0 Å². The van der Waals surface area contributed by atoms with Crippen LogP contribution in [0.5, 0.6) is 0 Å². The van der Waals surface area contributed by atoms with Crippen molar-refractivity contribution in [2.75, 3.05) is 26.8 Å². The molecule has 3 nitrogen and oxygen atoms in total. The predicted molar refractivity (Wildman–Crippen MR) is 77.2 cm³/mol. The molecule has 0 aliphatic rings. The standard InChI is InChI=1S/C14H20N2OS/c1-11(10-15-7-8-17-2)9-14-16-12-5-3-4-6-13(12)18-14/h3-6,11,15H,7-10H2,1-2H3. The molecule has 0 fully saturated rings. The molecule has 1 atom stereocenters. The third-order valence-corrected chi connectivity index (χ3v) is 3.90. The molecule has 1 unspecified atom stereocenters. The van der Waals surface area contributed by atoms with Crippen LogP contribution < -0.4 is 5.32 Å². The Morgan fingerprint density at radius 2 is 2.22 bits per heavy atom. The fourth-order valence-electron chi connectivity index (χ4n) is 1.90. The van der Waals surface area contributed by atoms with Gasteiger partial charge in [0.15, 0.2) is 0 Å². The average Bonchev–Trinajstić information content (AvgIpc) is 2.76. The maximum absolute atomic E-state index is 5.01. The Hall–Kier alpha value is -0.970. The highest BCUT2D eigenvalue weighted by Gasteiger charge is 2.08. The van der Waals surface area contributed by atoms with Crippen LogP contribution in [0.15, 0.2) is 24.3 Å². The Morgan fingerprint density at radius 3 is 3.00 bits per heavy atom. The molecule has 1 N–H and O–H groups in total. The fraction of sp³-hybridized carbons (Fsp3) is 0.500. The summed E-state index contributed by atoms with van der Waals surface area (Å²) in [6, 6.07) is 8.33. The van der Waals surface area contributed by atoms with Gasteiger partial charge in [0.25, 0.3) is 0 Å². The smallest absolute Gasteiger partial charge is 0.0941 e. The van der Waals surface area contributed by atoms with E-state index in [0.29, 0.717) is 5.92 Å². The van der Waals surface area contributed by atoms with Crippen molar-refractivity contribution in [2.45, 2.75) is 13.3 Å². The lowest BCUT2D eigenvalue weighted by atomic mass is 10.1. The van der Waals surface area contributed by atoms with Crippen molar-refractivity contribution >= 4 is 21.6 Å². The zero-order chi connectivity index (χ0) is 12.8. The number of ether oxygens (including phenoxy) is 1. The molecule has 0 saturated heterocycles. The van der Waals surface area contributed by atoms with E-state index in [-0.39, 0.29) is 0 Å². The van der Waals surface area contributed by atoms with E-state index in [1.165, 1.54) is 9.71 Å². The molecule has 18 heavy (non-hydrogen) atoms. The van der Waals surface area contributed by atoms with E-state index in [1.807, 2.05) is 6.07 Å². The number of rotatable bonds is 7. The van der Waals surface area contributed by atoms with Crippen molar-refractivity contribution in [1.82, 2.24) is 10.3 Å². The third-order valence-electron chi connectivity index (χ3n) is 2.84. The number of hydrogen-bond donors (Lipinski definition) is 1. The zero-order valence-electron chi connectivity index (χ0n) is 11.0. The van der Waals surface area contributed by atoms with Crippen molar-refractivity contribution in [3.05, 3.63) is 29.3 Å². The Kier molecular flexibility index (Phi) is 5.11. The highest BCUT2D eigenvalue weighted by Crippen LogP contribution is 2.23. The minimum Gasteiger partial charge on any atom is -0.383 e. The first kappa shape index (κ1) is 13.5. The molecule has 0 aliphatic carbocycles. The number of nitrogens with zero attached hydrogens (tertiary/aromatic N) is 1. The molecule has 0 spiro atoms. The van der Waals surface area contributed by atoms with Crippen molar-refractivity contribution in [2.24, 2.45) is 5.92 Å². The van der Waals surface area contributed by atoms with Crippen molar-refractivity contribution < 1.29 is 4.74 Å². The van der Waals surface area contributed by atoms with Crippen LogP contribution in [0.2, 0.25) is 0 Å². The Bertz CT molecular complexity index is 450. The molecular weight excluding hydrogens is 244 g/mol. The SMILES string of the molecule is COCCNCC(C)Cc1nc2ccccc2s1. The minimum absolute atomic E-state index is 0.599. The van der Waals surface area contributed by atoms with Gasteiger partial charge in [-0.05, 0) is 24.6 Å². The highest BCUT2D eigenvalue weighted by atomic mass is 32.1. The number of methoxy groups -OCH3 is 1. The molecule has 2 aromatic rings. The van der Waals surface area contributed by atoms with Crippen LogP contribution in [0.1, 0.15) is 11.9 Å². The van der Waals surface area contributed by atoms with Crippen molar-refractivity contribution in [1.29, 1.82) is 0 Å². The lowest BCUT2D eigenvalue weighted by Gasteiger charge is -2.10. The molecule has 0 bridgehead atoms. The zero-order valence-corrected chi connectivity index (χ0v) is 11.8. The van der Waals surface area contributed by atoms with Crippen LogP contribution in [-0.2, 0) is 11.2 Å². The van der Waals surface area contributed by atoms with Crippen LogP contribution in [-0.4, -0.2) is 31.8 Å². The number of fused-ring (bicyclic) bond motifs is 1. The lowest BCUT2D eigenvalue weighted by Crippen LogP contribution is -2.25. The van der Waals surface area contributed by atoms with Gasteiger partial charge in [0.05, 0.1) is 21.8 Å². The summed E-state index contributed by atoms with van der Waals surface area (Å²) in [6.07, 6.45) is 1.04. The molecular formula is C14H20N2OS. The quantitative estimate of drug-likeness (QED) is 0.781. The summed E-state index contributed by atoms with van der Waals surface area (Å²) in [5.41, 5.74) is 1.12. The first-order valence-corrected chi connectivity index (χ1v) is 7.15. The topological polar surface area (TPSA) is 34.1 Å². The molecule has 98 valence electrons. The van der Waals surface area contributed by atoms with E-state index in [9.17, 15) is 0 Å². The molecule has 0 amide bonds. The van der Waals surface area contributed by atoms with Gasteiger partial charge in [-0.3, -0.25) is 0 Å². The molecule has 4 heteroatoms.